The van der Waals surface area contributed by atoms with Gasteiger partial charge in [0.05, 0.1) is 0 Å². The van der Waals surface area contributed by atoms with Gasteiger partial charge in [-0.3, -0.25) is 5.43 Å². The van der Waals surface area contributed by atoms with Gasteiger partial charge in [0.1, 0.15) is 6.73 Å². The topological polar surface area (TPSA) is 24.5 Å². The van der Waals surface area contributed by atoms with Crippen LogP contribution in [0, 0.1) is 0 Å². The quantitative estimate of drug-likeness (QED) is 0.617. The van der Waals surface area contributed by atoms with E-state index < -0.39 is 0 Å². The molecule has 3 nitrogen and oxygen atoms in total. The molecule has 0 atom stereocenters. The summed E-state index contributed by atoms with van der Waals surface area (Å²) in [6.07, 6.45) is 3.65. The van der Waals surface area contributed by atoms with Crippen molar-refractivity contribution in [1.82, 2.24) is 10.4 Å². The van der Waals surface area contributed by atoms with Crippen LogP contribution >= 0.6 is 0 Å². The van der Waals surface area contributed by atoms with E-state index in [1.807, 2.05) is 0 Å². The summed E-state index contributed by atoms with van der Waals surface area (Å²) in [6, 6.07) is 0. The average Bonchev–Trinajstić information content (AvgIpc) is 2.07. The minimum Gasteiger partial charge on any atom is -0.365 e. The minimum absolute atomic E-state index is 0.754. The van der Waals surface area contributed by atoms with Crippen molar-refractivity contribution in [1.29, 1.82) is 0 Å². The predicted molar refractivity (Wildman–Crippen MR) is 45.1 cm³/mol. The van der Waals surface area contributed by atoms with E-state index in [-0.39, 0.29) is 0 Å². The summed E-state index contributed by atoms with van der Waals surface area (Å²) < 4.78 is 5.28. The number of hydrazine groups is 1. The van der Waals surface area contributed by atoms with Crippen molar-refractivity contribution in [2.24, 2.45) is 0 Å². The molecule has 0 spiro atoms. The molecule has 0 aromatic heterocycles. The Hall–Kier alpha value is -0.120. The highest BCUT2D eigenvalue weighted by atomic mass is 16.5. The number of unbranched alkanes of at least 4 members (excludes halogenated alkanes) is 1. The highest BCUT2D eigenvalue weighted by Crippen LogP contribution is 1.97. The van der Waals surface area contributed by atoms with Crippen molar-refractivity contribution in [3.63, 3.8) is 0 Å². The fraction of sp³-hybridized carbons (Fsp3) is 1.00. The second-order valence-corrected chi connectivity index (χ2v) is 2.92. The van der Waals surface area contributed by atoms with Crippen molar-refractivity contribution in [2.45, 2.75) is 26.2 Å². The van der Waals surface area contributed by atoms with Gasteiger partial charge in [-0.05, 0) is 12.8 Å². The Kier molecular flexibility index (Phi) is 4.50. The third-order valence-corrected chi connectivity index (χ3v) is 1.83. The van der Waals surface area contributed by atoms with Crippen molar-refractivity contribution in [3.8, 4) is 0 Å². The van der Waals surface area contributed by atoms with Crippen LogP contribution in [0.25, 0.3) is 0 Å². The predicted octanol–water partition coefficient (Wildman–Crippen LogP) is 0.971. The zero-order valence-electron chi connectivity index (χ0n) is 7.31. The van der Waals surface area contributed by atoms with Crippen LogP contribution in [0.4, 0.5) is 0 Å². The molecular weight excluding hydrogens is 140 g/mol. The van der Waals surface area contributed by atoms with Gasteiger partial charge in [0.15, 0.2) is 0 Å². The molecule has 0 radical (unpaired) electrons. The molecule has 66 valence electrons. The summed E-state index contributed by atoms with van der Waals surface area (Å²) in [4.78, 5) is 0. The highest BCUT2D eigenvalue weighted by molar-refractivity contribution is 4.52. The molecule has 11 heavy (non-hydrogen) atoms. The lowest BCUT2D eigenvalue weighted by Crippen LogP contribution is -2.43. The molecule has 1 aliphatic rings. The van der Waals surface area contributed by atoms with Crippen molar-refractivity contribution < 1.29 is 4.74 Å². The number of rotatable bonds is 4. The lowest BCUT2D eigenvalue weighted by atomic mass is 10.3. The third kappa shape index (κ3) is 3.70. The van der Waals surface area contributed by atoms with E-state index in [0.29, 0.717) is 0 Å². The molecule has 0 unspecified atom stereocenters. The van der Waals surface area contributed by atoms with E-state index in [2.05, 4.69) is 17.4 Å². The van der Waals surface area contributed by atoms with E-state index in [4.69, 9.17) is 4.74 Å². The molecule has 1 aliphatic heterocycles. The summed E-state index contributed by atoms with van der Waals surface area (Å²) in [5, 5.41) is 2.15. The second-order valence-electron chi connectivity index (χ2n) is 2.92. The number of nitrogens with zero attached hydrogens (tertiary/aromatic N) is 1. The number of ether oxygens (including phenoxy) is 1. The first-order valence-electron chi connectivity index (χ1n) is 4.49. The number of nitrogens with one attached hydrogen (secondary N) is 1. The zero-order chi connectivity index (χ0) is 7.94. The van der Waals surface area contributed by atoms with Gasteiger partial charge in [-0.2, -0.15) is 0 Å². The van der Waals surface area contributed by atoms with E-state index in [1.165, 1.54) is 12.8 Å². The molecule has 1 saturated heterocycles. The normalized spacial score (nSPS) is 20.5. The van der Waals surface area contributed by atoms with Gasteiger partial charge in [0, 0.05) is 19.7 Å². The number of hydrogen-bond acceptors (Lipinski definition) is 3. The fourth-order valence-electron chi connectivity index (χ4n) is 1.14. The largest absolute Gasteiger partial charge is 0.365 e. The van der Waals surface area contributed by atoms with Crippen molar-refractivity contribution in [3.05, 3.63) is 0 Å². The Morgan fingerprint density at radius 2 is 2.45 bits per heavy atom. The summed E-state index contributed by atoms with van der Waals surface area (Å²) in [6.45, 7) is 6.09. The Balaban J connectivity index is 1.96. The zero-order valence-corrected chi connectivity index (χ0v) is 7.31. The van der Waals surface area contributed by atoms with Gasteiger partial charge >= 0.3 is 0 Å². The van der Waals surface area contributed by atoms with Crippen LogP contribution in [0.5, 0.6) is 0 Å². The van der Waals surface area contributed by atoms with E-state index >= 15 is 0 Å². The maximum absolute atomic E-state index is 5.28. The number of hydrogen-bond donors (Lipinski definition) is 1. The molecule has 1 fully saturated rings. The molecule has 1 heterocycles. The van der Waals surface area contributed by atoms with E-state index in [9.17, 15) is 0 Å². The van der Waals surface area contributed by atoms with Crippen LogP contribution in [0.2, 0.25) is 0 Å². The van der Waals surface area contributed by atoms with Crippen LogP contribution < -0.4 is 5.43 Å². The van der Waals surface area contributed by atoms with E-state index in [1.54, 1.807) is 0 Å². The van der Waals surface area contributed by atoms with Crippen LogP contribution in [0.15, 0.2) is 0 Å². The first-order valence-corrected chi connectivity index (χ1v) is 4.49. The Labute approximate surface area is 68.7 Å². The van der Waals surface area contributed by atoms with Gasteiger partial charge in [0.2, 0.25) is 0 Å². The smallest absolute Gasteiger partial charge is 0.112 e. The van der Waals surface area contributed by atoms with Crippen LogP contribution in [-0.4, -0.2) is 31.4 Å². The minimum atomic E-state index is 0.754. The first kappa shape index (κ1) is 8.97. The highest BCUT2D eigenvalue weighted by Gasteiger charge is 2.07. The summed E-state index contributed by atoms with van der Waals surface area (Å²) in [5.41, 5.74) is 3.33. The SMILES string of the molecule is CCCCNN1CCCOC1. The molecule has 3 heteroatoms. The van der Waals surface area contributed by atoms with Gasteiger partial charge in [-0.25, -0.2) is 5.01 Å². The van der Waals surface area contributed by atoms with Crippen LogP contribution in [0.3, 0.4) is 0 Å². The molecular formula is C8H18N2O. The molecule has 0 bridgehead atoms. The molecule has 0 aromatic rings. The lowest BCUT2D eigenvalue weighted by Gasteiger charge is -2.26. The maximum atomic E-state index is 5.28. The Morgan fingerprint density at radius 3 is 3.09 bits per heavy atom. The molecule has 0 saturated carbocycles. The van der Waals surface area contributed by atoms with Gasteiger partial charge in [-0.15, -0.1) is 0 Å². The molecule has 0 aromatic carbocycles. The molecule has 1 rings (SSSR count). The molecule has 0 aliphatic carbocycles. The Bertz CT molecular complexity index is 92.1. The monoisotopic (exact) mass is 158 g/mol. The van der Waals surface area contributed by atoms with Gasteiger partial charge < -0.3 is 4.74 Å². The van der Waals surface area contributed by atoms with Crippen molar-refractivity contribution >= 4 is 0 Å². The second kappa shape index (κ2) is 5.52. The maximum Gasteiger partial charge on any atom is 0.112 e. The molecule has 1 N–H and O–H groups in total. The first-order chi connectivity index (χ1) is 5.43. The van der Waals surface area contributed by atoms with Crippen molar-refractivity contribution in [2.75, 3.05) is 26.4 Å². The molecule has 0 amide bonds. The summed E-state index contributed by atoms with van der Waals surface area (Å²) in [7, 11) is 0. The van der Waals surface area contributed by atoms with Crippen LogP contribution in [-0.2, 0) is 4.74 Å². The van der Waals surface area contributed by atoms with Gasteiger partial charge in [0.25, 0.3) is 0 Å². The Morgan fingerprint density at radius 1 is 1.55 bits per heavy atom. The average molecular weight is 158 g/mol. The fourth-order valence-corrected chi connectivity index (χ4v) is 1.14. The van der Waals surface area contributed by atoms with Crippen LogP contribution in [0.1, 0.15) is 26.2 Å². The standard InChI is InChI=1S/C8H18N2O/c1-2-3-5-9-10-6-4-7-11-8-10/h9H,2-8H2,1H3. The third-order valence-electron chi connectivity index (χ3n) is 1.83. The summed E-state index contributed by atoms with van der Waals surface area (Å²) in [5.74, 6) is 0. The summed E-state index contributed by atoms with van der Waals surface area (Å²) >= 11 is 0. The van der Waals surface area contributed by atoms with E-state index in [0.717, 1.165) is 32.8 Å². The lowest BCUT2D eigenvalue weighted by molar-refractivity contribution is -0.0413. The van der Waals surface area contributed by atoms with Gasteiger partial charge in [-0.1, -0.05) is 13.3 Å².